The lowest BCUT2D eigenvalue weighted by Gasteiger charge is -2.20. The molecule has 3 atom stereocenters. The molecule has 2 amide bonds. The third-order valence-electron chi connectivity index (χ3n) is 5.11. The minimum Gasteiger partial charge on any atom is -0.455 e. The van der Waals surface area contributed by atoms with E-state index in [0.717, 1.165) is 12.3 Å². The fourth-order valence-corrected chi connectivity index (χ4v) is 4.39. The van der Waals surface area contributed by atoms with E-state index in [4.69, 9.17) is 4.74 Å². The first-order valence-corrected chi connectivity index (χ1v) is 9.31. The van der Waals surface area contributed by atoms with Crippen molar-refractivity contribution >= 4 is 33.7 Å². The smallest absolute Gasteiger partial charge is 0.306 e. The molecule has 0 saturated heterocycles. The molecule has 0 spiro atoms. The number of fused-ring (bicyclic) bond motifs is 2. The summed E-state index contributed by atoms with van der Waals surface area (Å²) in [6.45, 7) is -0.393. The summed E-state index contributed by atoms with van der Waals surface area (Å²) in [4.78, 5) is 35.6. The summed E-state index contributed by atoms with van der Waals surface area (Å²) in [6, 6.07) is 6.86. The van der Waals surface area contributed by atoms with Crippen LogP contribution in [0, 0.1) is 17.8 Å². The monoisotopic (exact) mass is 408 g/mol. The van der Waals surface area contributed by atoms with E-state index in [-0.39, 0.29) is 5.97 Å². The Hall–Kier alpha value is -1.89. The van der Waals surface area contributed by atoms with Gasteiger partial charge in [-0.05, 0) is 65.1 Å². The molecule has 2 saturated carbocycles. The maximum Gasteiger partial charge on any atom is 0.306 e. The van der Waals surface area contributed by atoms with E-state index < -0.39 is 18.4 Å². The second-order valence-corrected chi connectivity index (χ2v) is 7.64. The first kappa shape index (κ1) is 17.9. The zero-order valence-corrected chi connectivity index (χ0v) is 15.4. The number of hydrogen-bond donors (Lipinski definition) is 2. The van der Waals surface area contributed by atoms with Crippen LogP contribution in [0.4, 0.5) is 0 Å². The number of amides is 2. The molecule has 6 nitrogen and oxygen atoms in total. The van der Waals surface area contributed by atoms with Crippen LogP contribution in [0.25, 0.3) is 0 Å². The van der Waals surface area contributed by atoms with Crippen molar-refractivity contribution in [1.82, 2.24) is 10.9 Å². The van der Waals surface area contributed by atoms with Gasteiger partial charge in [0, 0.05) is 10.9 Å². The van der Waals surface area contributed by atoms with Gasteiger partial charge in [-0.2, -0.15) is 0 Å². The third kappa shape index (κ3) is 4.60. The molecule has 0 aromatic heterocycles. The summed E-state index contributed by atoms with van der Waals surface area (Å²) in [7, 11) is 0. The van der Waals surface area contributed by atoms with E-state index in [9.17, 15) is 14.4 Å². The van der Waals surface area contributed by atoms with Crippen molar-refractivity contribution in [3.05, 3.63) is 34.3 Å². The second-order valence-electron chi connectivity index (χ2n) is 6.78. The fourth-order valence-electron chi connectivity index (χ4n) is 3.92. The summed E-state index contributed by atoms with van der Waals surface area (Å²) in [5.41, 5.74) is 4.95. The molecule has 7 heteroatoms. The number of nitrogens with one attached hydrogen (secondary N) is 2. The van der Waals surface area contributed by atoms with Crippen molar-refractivity contribution in [3.63, 3.8) is 0 Å². The fraction of sp³-hybridized carbons (Fsp3) is 0.500. The number of benzene rings is 1. The molecule has 1 aromatic carbocycles. The van der Waals surface area contributed by atoms with Gasteiger partial charge in [0.1, 0.15) is 0 Å². The van der Waals surface area contributed by atoms with E-state index in [0.29, 0.717) is 28.3 Å². The quantitative estimate of drug-likeness (QED) is 0.579. The van der Waals surface area contributed by atoms with Crippen molar-refractivity contribution in [1.29, 1.82) is 0 Å². The summed E-state index contributed by atoms with van der Waals surface area (Å²) in [5, 5.41) is 0. The van der Waals surface area contributed by atoms with Gasteiger partial charge in [0.25, 0.3) is 11.8 Å². The van der Waals surface area contributed by atoms with E-state index in [1.807, 2.05) is 0 Å². The van der Waals surface area contributed by atoms with E-state index >= 15 is 0 Å². The summed E-state index contributed by atoms with van der Waals surface area (Å²) in [6.07, 6.45) is 5.23. The molecule has 2 aliphatic rings. The van der Waals surface area contributed by atoms with Crippen LogP contribution in [-0.4, -0.2) is 24.4 Å². The molecule has 0 unspecified atom stereocenters. The lowest BCUT2D eigenvalue weighted by molar-refractivity contribution is -0.150. The van der Waals surface area contributed by atoms with Crippen molar-refractivity contribution in [2.45, 2.75) is 32.1 Å². The number of hydrazine groups is 1. The highest BCUT2D eigenvalue weighted by Crippen LogP contribution is 2.49. The van der Waals surface area contributed by atoms with Crippen molar-refractivity contribution < 1.29 is 19.1 Å². The third-order valence-corrected chi connectivity index (χ3v) is 5.80. The van der Waals surface area contributed by atoms with Crippen molar-refractivity contribution in [3.8, 4) is 0 Å². The molecule has 3 rings (SSSR count). The van der Waals surface area contributed by atoms with E-state index in [1.165, 1.54) is 19.3 Å². The Morgan fingerprint density at radius 2 is 1.92 bits per heavy atom. The second kappa shape index (κ2) is 7.99. The maximum absolute atomic E-state index is 11.9. The molecule has 0 radical (unpaired) electrons. The molecule has 2 aliphatic carbocycles. The minimum absolute atomic E-state index is 0.343. The maximum atomic E-state index is 11.9. The number of carbonyl (C=O) groups is 3. The molecule has 1 aromatic rings. The predicted octanol–water partition coefficient (Wildman–Crippen LogP) is 2.58. The van der Waals surface area contributed by atoms with Gasteiger partial charge in [-0.3, -0.25) is 25.2 Å². The van der Waals surface area contributed by atoms with Gasteiger partial charge in [-0.25, -0.2) is 0 Å². The topological polar surface area (TPSA) is 84.5 Å². The van der Waals surface area contributed by atoms with Crippen molar-refractivity contribution in [2.24, 2.45) is 17.8 Å². The van der Waals surface area contributed by atoms with E-state index in [1.54, 1.807) is 24.3 Å². The van der Waals surface area contributed by atoms with Gasteiger partial charge in [-0.15, -0.1) is 0 Å². The van der Waals surface area contributed by atoms with Crippen LogP contribution < -0.4 is 10.9 Å². The van der Waals surface area contributed by atoms with Crippen LogP contribution in [0.5, 0.6) is 0 Å². The zero-order valence-electron chi connectivity index (χ0n) is 13.8. The highest BCUT2D eigenvalue weighted by atomic mass is 79.9. The van der Waals surface area contributed by atoms with Crippen LogP contribution in [0.1, 0.15) is 42.5 Å². The summed E-state index contributed by atoms with van der Waals surface area (Å²) in [5.74, 6) is 0.471. The first-order chi connectivity index (χ1) is 12.0. The Bertz CT molecular complexity index is 679. The molecule has 134 valence electrons. The van der Waals surface area contributed by atoms with Crippen LogP contribution in [0.15, 0.2) is 28.7 Å². The Morgan fingerprint density at radius 1 is 1.12 bits per heavy atom. The normalized spacial score (nSPS) is 24.0. The Balaban J connectivity index is 1.36. The molecule has 0 aliphatic heterocycles. The zero-order chi connectivity index (χ0) is 17.8. The summed E-state index contributed by atoms with van der Waals surface area (Å²) < 4.78 is 5.65. The molecular formula is C18H21BrN2O4. The van der Waals surface area contributed by atoms with Crippen molar-refractivity contribution in [2.75, 3.05) is 6.61 Å². The number of esters is 1. The van der Waals surface area contributed by atoms with E-state index in [2.05, 4.69) is 26.8 Å². The largest absolute Gasteiger partial charge is 0.455 e. The number of carbonyl (C=O) groups excluding carboxylic acids is 3. The van der Waals surface area contributed by atoms with Gasteiger partial charge in [0.05, 0.1) is 5.56 Å². The highest BCUT2D eigenvalue weighted by molar-refractivity contribution is 9.10. The first-order valence-electron chi connectivity index (χ1n) is 8.52. The minimum atomic E-state index is -0.568. The Labute approximate surface area is 154 Å². The van der Waals surface area contributed by atoms with Gasteiger partial charge in [-0.1, -0.05) is 18.6 Å². The van der Waals surface area contributed by atoms with Gasteiger partial charge in [0.15, 0.2) is 6.61 Å². The molecule has 2 fully saturated rings. The molecule has 2 bridgehead atoms. The number of rotatable bonds is 5. The van der Waals surface area contributed by atoms with Gasteiger partial charge >= 0.3 is 5.97 Å². The van der Waals surface area contributed by atoms with Crippen LogP contribution >= 0.6 is 15.9 Å². The average Bonchev–Trinajstić information content (AvgIpc) is 3.21. The lowest BCUT2D eigenvalue weighted by Crippen LogP contribution is -2.43. The average molecular weight is 409 g/mol. The molecule has 2 N–H and O–H groups in total. The number of halogens is 1. The van der Waals surface area contributed by atoms with Gasteiger partial charge < -0.3 is 4.74 Å². The Morgan fingerprint density at radius 3 is 2.60 bits per heavy atom. The summed E-state index contributed by atoms with van der Waals surface area (Å²) >= 11 is 3.27. The standard InChI is InChI=1S/C18H21BrN2O4/c19-15-4-2-1-3-14(15)18(24)21-20-16(22)10-25-17(23)9-13-8-11-5-6-12(13)7-11/h1-4,11-13H,5-10H2,(H,20,22)(H,21,24)/t11-,12-,13+/m1/s1. The van der Waals surface area contributed by atoms with Gasteiger partial charge in [0.2, 0.25) is 0 Å². The van der Waals surface area contributed by atoms with Crippen LogP contribution in [0.3, 0.4) is 0 Å². The molecule has 25 heavy (non-hydrogen) atoms. The Kier molecular flexibility index (Phi) is 5.73. The number of ether oxygens (including phenoxy) is 1. The molecular weight excluding hydrogens is 388 g/mol. The van der Waals surface area contributed by atoms with Crippen LogP contribution in [0.2, 0.25) is 0 Å². The lowest BCUT2D eigenvalue weighted by atomic mass is 9.86. The predicted molar refractivity (Wildman–Crippen MR) is 94.3 cm³/mol. The molecule has 0 heterocycles. The highest BCUT2D eigenvalue weighted by Gasteiger charge is 2.40. The van der Waals surface area contributed by atoms with Crippen LogP contribution in [-0.2, 0) is 14.3 Å². The SMILES string of the molecule is O=C(COC(=O)C[C@@H]1C[C@@H]2CC[C@@H]1C2)NNC(=O)c1ccccc1Br. The number of hydrogen-bond acceptors (Lipinski definition) is 4.